The number of likely N-dealkylation sites (tertiary alicyclic amines) is 1. The quantitative estimate of drug-likeness (QED) is 0.728. The number of nitrogens with zero attached hydrogens (tertiary/aromatic N) is 1. The predicted molar refractivity (Wildman–Crippen MR) is 60.2 cm³/mol. The molecule has 1 atom stereocenters. The van der Waals surface area contributed by atoms with Crippen molar-refractivity contribution in [1.82, 2.24) is 4.90 Å². The van der Waals surface area contributed by atoms with Crippen LogP contribution in [0.5, 0.6) is 0 Å². The fourth-order valence-corrected chi connectivity index (χ4v) is 2.96. The van der Waals surface area contributed by atoms with Crippen LogP contribution in [-0.4, -0.2) is 30.6 Å². The summed E-state index contributed by atoms with van der Waals surface area (Å²) in [5.41, 5.74) is 6.59. The molecule has 1 saturated carbocycles. The van der Waals surface area contributed by atoms with Crippen molar-refractivity contribution in [3.8, 4) is 0 Å². The summed E-state index contributed by atoms with van der Waals surface area (Å²) in [6, 6.07) is 0.682. The Balaban J connectivity index is 1.72. The van der Waals surface area contributed by atoms with E-state index in [-0.39, 0.29) is 0 Å². The lowest BCUT2D eigenvalue weighted by molar-refractivity contribution is -0.0828. The minimum Gasteiger partial charge on any atom is -0.329 e. The van der Waals surface area contributed by atoms with Crippen LogP contribution in [0.4, 0.5) is 0 Å². The average molecular weight is 196 g/mol. The third-order valence-electron chi connectivity index (χ3n) is 4.17. The summed E-state index contributed by atoms with van der Waals surface area (Å²) in [6.07, 6.45) is 8.38. The molecule has 0 amide bonds. The molecule has 2 rings (SSSR count). The van der Waals surface area contributed by atoms with Gasteiger partial charge in [0.25, 0.3) is 0 Å². The van der Waals surface area contributed by atoms with Gasteiger partial charge in [-0.15, -0.1) is 0 Å². The molecule has 14 heavy (non-hydrogen) atoms. The van der Waals surface area contributed by atoms with E-state index in [0.29, 0.717) is 6.04 Å². The predicted octanol–water partition coefficient (Wildman–Crippen LogP) is 1.99. The highest BCUT2D eigenvalue weighted by Crippen LogP contribution is 2.48. The van der Waals surface area contributed by atoms with Gasteiger partial charge in [0, 0.05) is 25.7 Å². The molecule has 1 aliphatic carbocycles. The Hall–Kier alpha value is -0.0800. The largest absolute Gasteiger partial charge is 0.329 e. The van der Waals surface area contributed by atoms with Crippen LogP contribution in [0, 0.1) is 5.41 Å². The van der Waals surface area contributed by atoms with Crippen LogP contribution < -0.4 is 5.73 Å². The van der Waals surface area contributed by atoms with Gasteiger partial charge in [-0.2, -0.15) is 0 Å². The van der Waals surface area contributed by atoms with E-state index >= 15 is 0 Å². The van der Waals surface area contributed by atoms with Gasteiger partial charge in [-0.3, -0.25) is 4.90 Å². The van der Waals surface area contributed by atoms with E-state index in [0.717, 1.165) is 12.0 Å². The summed E-state index contributed by atoms with van der Waals surface area (Å²) in [4.78, 5) is 2.62. The number of hydrogen-bond donors (Lipinski definition) is 1. The van der Waals surface area contributed by atoms with Crippen molar-refractivity contribution in [2.75, 3.05) is 19.6 Å². The van der Waals surface area contributed by atoms with Crippen molar-refractivity contribution < 1.29 is 0 Å². The lowest BCUT2D eigenvalue weighted by atomic mass is 9.63. The van der Waals surface area contributed by atoms with Gasteiger partial charge in [0.05, 0.1) is 0 Å². The molecular weight excluding hydrogens is 172 g/mol. The molecule has 0 aromatic carbocycles. The van der Waals surface area contributed by atoms with Gasteiger partial charge in [-0.25, -0.2) is 0 Å². The van der Waals surface area contributed by atoms with E-state index in [1.807, 2.05) is 0 Å². The Kier molecular flexibility index (Phi) is 3.13. The average Bonchev–Trinajstić information content (AvgIpc) is 2.05. The van der Waals surface area contributed by atoms with Crippen molar-refractivity contribution in [2.45, 2.75) is 51.5 Å². The lowest BCUT2D eigenvalue weighted by Gasteiger charge is -2.58. The molecule has 1 unspecified atom stereocenters. The summed E-state index contributed by atoms with van der Waals surface area (Å²) in [7, 11) is 0. The number of nitrogens with two attached hydrogens (primary N) is 1. The minimum atomic E-state index is 0.682. The highest BCUT2D eigenvalue weighted by molar-refractivity contribution is 5.02. The van der Waals surface area contributed by atoms with Gasteiger partial charge in [0.15, 0.2) is 0 Å². The fourth-order valence-electron chi connectivity index (χ4n) is 2.96. The zero-order valence-electron chi connectivity index (χ0n) is 9.47. The van der Waals surface area contributed by atoms with Gasteiger partial charge in [0.2, 0.25) is 0 Å². The van der Waals surface area contributed by atoms with E-state index in [2.05, 4.69) is 11.8 Å². The Morgan fingerprint density at radius 1 is 1.36 bits per heavy atom. The van der Waals surface area contributed by atoms with Gasteiger partial charge < -0.3 is 5.73 Å². The van der Waals surface area contributed by atoms with Crippen LogP contribution in [0.15, 0.2) is 0 Å². The Morgan fingerprint density at radius 2 is 2.07 bits per heavy atom. The van der Waals surface area contributed by atoms with E-state index in [9.17, 15) is 0 Å². The Bertz CT molecular complexity index is 179. The van der Waals surface area contributed by atoms with Gasteiger partial charge in [-0.05, 0) is 24.7 Å². The van der Waals surface area contributed by atoms with Gasteiger partial charge in [-0.1, -0.05) is 26.2 Å². The molecule has 0 aromatic rings. The van der Waals surface area contributed by atoms with Crippen LogP contribution in [-0.2, 0) is 0 Å². The normalized spacial score (nSPS) is 27.0. The highest BCUT2D eigenvalue weighted by atomic mass is 15.2. The van der Waals surface area contributed by atoms with Crippen LogP contribution >= 0.6 is 0 Å². The molecule has 2 nitrogen and oxygen atoms in total. The summed E-state index contributed by atoms with van der Waals surface area (Å²) in [6.45, 7) is 5.81. The first-order valence-corrected chi connectivity index (χ1v) is 6.24. The standard InChI is InChI=1S/C12H24N2/c1-2-3-5-11(8-13)14-9-12(10-14)6-4-7-12/h11H,2-10,13H2,1H3. The SMILES string of the molecule is CCCCC(CN)N1CC2(CCC2)C1. The Morgan fingerprint density at radius 3 is 2.50 bits per heavy atom. The van der Waals surface area contributed by atoms with Crippen molar-refractivity contribution in [3.63, 3.8) is 0 Å². The van der Waals surface area contributed by atoms with Crippen LogP contribution in [0.25, 0.3) is 0 Å². The molecule has 2 fully saturated rings. The molecule has 1 spiro atoms. The summed E-state index contributed by atoms with van der Waals surface area (Å²) in [5.74, 6) is 0. The van der Waals surface area contributed by atoms with Crippen molar-refractivity contribution in [2.24, 2.45) is 11.1 Å². The van der Waals surface area contributed by atoms with Crippen LogP contribution in [0.3, 0.4) is 0 Å². The fraction of sp³-hybridized carbons (Fsp3) is 1.00. The van der Waals surface area contributed by atoms with E-state index in [1.54, 1.807) is 0 Å². The number of unbranched alkanes of at least 4 members (excludes halogenated alkanes) is 1. The second-order valence-electron chi connectivity index (χ2n) is 5.29. The molecule has 1 heterocycles. The van der Waals surface area contributed by atoms with Crippen molar-refractivity contribution >= 4 is 0 Å². The van der Waals surface area contributed by atoms with Crippen molar-refractivity contribution in [1.29, 1.82) is 0 Å². The third-order valence-corrected chi connectivity index (χ3v) is 4.17. The molecular formula is C12H24N2. The number of hydrogen-bond acceptors (Lipinski definition) is 2. The van der Waals surface area contributed by atoms with Crippen LogP contribution in [0.1, 0.15) is 45.4 Å². The maximum Gasteiger partial charge on any atom is 0.0218 e. The van der Waals surface area contributed by atoms with E-state index in [4.69, 9.17) is 5.73 Å². The lowest BCUT2D eigenvalue weighted by Crippen LogP contribution is -2.63. The maximum atomic E-state index is 5.83. The highest BCUT2D eigenvalue weighted by Gasteiger charge is 2.48. The van der Waals surface area contributed by atoms with Gasteiger partial charge >= 0.3 is 0 Å². The molecule has 0 aromatic heterocycles. The van der Waals surface area contributed by atoms with Crippen LogP contribution in [0.2, 0.25) is 0 Å². The first-order valence-electron chi connectivity index (χ1n) is 6.24. The minimum absolute atomic E-state index is 0.682. The summed E-state index contributed by atoms with van der Waals surface area (Å²) >= 11 is 0. The van der Waals surface area contributed by atoms with Gasteiger partial charge in [0.1, 0.15) is 0 Å². The molecule has 0 bridgehead atoms. The third kappa shape index (κ3) is 1.82. The topological polar surface area (TPSA) is 29.3 Å². The first-order chi connectivity index (χ1) is 6.79. The molecule has 82 valence electrons. The first kappa shape index (κ1) is 10.4. The zero-order valence-corrected chi connectivity index (χ0v) is 9.47. The monoisotopic (exact) mass is 196 g/mol. The summed E-state index contributed by atoms with van der Waals surface area (Å²) in [5, 5.41) is 0. The molecule has 0 radical (unpaired) electrons. The molecule has 1 aliphatic heterocycles. The molecule has 2 N–H and O–H groups in total. The second-order valence-corrected chi connectivity index (χ2v) is 5.29. The summed E-state index contributed by atoms with van der Waals surface area (Å²) < 4.78 is 0. The second kappa shape index (κ2) is 4.19. The smallest absolute Gasteiger partial charge is 0.0218 e. The zero-order chi connectivity index (χ0) is 10.0. The number of rotatable bonds is 5. The van der Waals surface area contributed by atoms with E-state index in [1.165, 1.54) is 51.6 Å². The Labute approximate surface area is 87.8 Å². The maximum absolute atomic E-state index is 5.83. The molecule has 2 heteroatoms. The molecule has 1 saturated heterocycles. The molecule has 2 aliphatic rings. The van der Waals surface area contributed by atoms with E-state index < -0.39 is 0 Å². The van der Waals surface area contributed by atoms with Crippen molar-refractivity contribution in [3.05, 3.63) is 0 Å².